The number of aromatic nitrogens is 2. The van der Waals surface area contributed by atoms with Gasteiger partial charge in [-0.3, -0.25) is 9.20 Å². The first-order valence-electron chi connectivity index (χ1n) is 7.94. The van der Waals surface area contributed by atoms with Gasteiger partial charge in [-0.2, -0.15) is 0 Å². The summed E-state index contributed by atoms with van der Waals surface area (Å²) in [6.45, 7) is 1.56. The van der Waals surface area contributed by atoms with Gasteiger partial charge in [-0.05, 0) is 31.4 Å². The van der Waals surface area contributed by atoms with E-state index < -0.39 is 18.0 Å². The maximum absolute atomic E-state index is 12.3. The zero-order chi connectivity index (χ0) is 18.7. The number of β-lactam (4-membered cyclic amide) rings is 1. The summed E-state index contributed by atoms with van der Waals surface area (Å²) in [5.41, 5.74) is 0.532. The molecular weight excluding hydrogens is 417 g/mol. The number of carbonyl (C=O) groups excluding carboxylic acids is 2. The quantitative estimate of drug-likeness (QED) is 0.328. The first-order valence-corrected chi connectivity index (χ1v) is 11.2. The van der Waals surface area contributed by atoms with Gasteiger partial charge in [0.05, 0.1) is 34.6 Å². The Bertz CT molecular complexity index is 931. The Kier molecular flexibility index (Phi) is 6.08. The van der Waals surface area contributed by atoms with Crippen LogP contribution in [0.5, 0.6) is 0 Å². The molecule has 1 amide bonds. The van der Waals surface area contributed by atoms with E-state index in [1.165, 1.54) is 39.8 Å². The van der Waals surface area contributed by atoms with Crippen LogP contribution in [0.4, 0.5) is 0 Å². The normalized spacial score (nSPS) is 22.7. The number of thiazole rings is 1. The molecule has 0 aromatic carbocycles. The van der Waals surface area contributed by atoms with Crippen molar-refractivity contribution in [3.63, 3.8) is 0 Å². The number of carboxylic acid groups (broad SMARTS) is 1. The van der Waals surface area contributed by atoms with E-state index in [4.69, 9.17) is 0 Å². The average molecular weight is 434 g/mol. The summed E-state index contributed by atoms with van der Waals surface area (Å²) < 4.78 is 1.96. The van der Waals surface area contributed by atoms with Crippen LogP contribution in [0.1, 0.15) is 18.2 Å². The van der Waals surface area contributed by atoms with Crippen molar-refractivity contribution >= 4 is 57.1 Å². The summed E-state index contributed by atoms with van der Waals surface area (Å²) >= 11 is 4.52. The predicted octanol–water partition coefficient (Wildman–Crippen LogP) is -2.08. The van der Waals surface area contributed by atoms with Gasteiger partial charge in [-0.1, -0.05) is 11.8 Å². The number of thioether (sulfide) groups is 2. The Morgan fingerprint density at radius 3 is 2.70 bits per heavy atom. The largest absolute Gasteiger partial charge is 1.00 e. The van der Waals surface area contributed by atoms with Gasteiger partial charge in [-0.15, -0.1) is 23.1 Å². The molecule has 4 rings (SSSR count). The Morgan fingerprint density at radius 2 is 2.15 bits per heavy atom. The SMILES string of the molecule is CSc1nc(SC)n2cc(C3=C(C(=O)[O-])N4C(=O)[C@H]([C@@H](C)O)[C@H]4C3)sc12.[Na+]. The number of nitrogens with zero attached hydrogens (tertiary/aromatic N) is 3. The molecule has 2 aliphatic heterocycles. The van der Waals surface area contributed by atoms with E-state index in [1.807, 2.05) is 23.1 Å². The zero-order valence-electron chi connectivity index (χ0n) is 15.3. The average Bonchev–Trinajstić information content (AvgIpc) is 3.23. The number of aliphatic hydroxyl groups excluding tert-OH is 1. The van der Waals surface area contributed by atoms with Crippen LogP contribution in [0.25, 0.3) is 10.4 Å². The van der Waals surface area contributed by atoms with Crippen molar-refractivity contribution < 1.29 is 49.4 Å². The van der Waals surface area contributed by atoms with Gasteiger partial charge < -0.3 is 19.9 Å². The van der Waals surface area contributed by atoms with Crippen molar-refractivity contribution in [2.45, 2.75) is 35.7 Å². The van der Waals surface area contributed by atoms with Gasteiger partial charge in [0.2, 0.25) is 5.91 Å². The molecule has 1 fully saturated rings. The number of hydrogen-bond donors (Lipinski definition) is 1. The molecular formula is C16H16N3NaO4S3. The maximum atomic E-state index is 12.3. The van der Waals surface area contributed by atoms with Crippen LogP contribution < -0.4 is 34.7 Å². The Labute approximate surface area is 190 Å². The van der Waals surface area contributed by atoms with Crippen LogP contribution in [0.3, 0.4) is 0 Å². The van der Waals surface area contributed by atoms with Crippen LogP contribution in [-0.2, 0) is 9.59 Å². The summed E-state index contributed by atoms with van der Waals surface area (Å²) in [7, 11) is 0. The molecule has 3 atom stereocenters. The first kappa shape index (κ1) is 21.2. The number of imidazole rings is 1. The molecule has 0 bridgehead atoms. The van der Waals surface area contributed by atoms with Crippen LogP contribution in [0.2, 0.25) is 0 Å². The molecule has 1 saturated heterocycles. The molecule has 2 aromatic heterocycles. The van der Waals surface area contributed by atoms with E-state index in [9.17, 15) is 19.8 Å². The van der Waals surface area contributed by atoms with Crippen molar-refractivity contribution in [1.29, 1.82) is 0 Å². The smallest absolute Gasteiger partial charge is 0.543 e. The van der Waals surface area contributed by atoms with Crippen molar-refractivity contribution in [2.24, 2.45) is 5.92 Å². The number of fused-ring (bicyclic) bond motifs is 2. The number of carboxylic acids is 1. The molecule has 0 saturated carbocycles. The van der Waals surface area contributed by atoms with E-state index in [0.717, 1.165) is 19.9 Å². The van der Waals surface area contributed by atoms with E-state index in [0.29, 0.717) is 12.0 Å². The molecule has 2 aliphatic rings. The molecule has 0 aliphatic carbocycles. The summed E-state index contributed by atoms with van der Waals surface area (Å²) in [5, 5.41) is 23.3. The molecule has 7 nitrogen and oxygen atoms in total. The number of rotatable bonds is 5. The third-order valence-electron chi connectivity index (χ3n) is 4.85. The predicted molar refractivity (Wildman–Crippen MR) is 99.0 cm³/mol. The van der Waals surface area contributed by atoms with Gasteiger partial charge in [0.15, 0.2) is 5.16 Å². The number of amides is 1. The molecule has 138 valence electrons. The van der Waals surface area contributed by atoms with Crippen molar-refractivity contribution in [3.8, 4) is 0 Å². The number of carbonyl (C=O) groups is 2. The van der Waals surface area contributed by atoms with E-state index in [1.54, 1.807) is 6.92 Å². The Morgan fingerprint density at radius 1 is 1.44 bits per heavy atom. The van der Waals surface area contributed by atoms with Gasteiger partial charge >= 0.3 is 29.6 Å². The van der Waals surface area contributed by atoms with Crippen molar-refractivity contribution in [2.75, 3.05) is 12.5 Å². The second-order valence-corrected chi connectivity index (χ2v) is 8.84. The fourth-order valence-electron chi connectivity index (χ4n) is 3.73. The number of aliphatic hydroxyl groups is 1. The van der Waals surface area contributed by atoms with E-state index >= 15 is 0 Å². The van der Waals surface area contributed by atoms with E-state index in [-0.39, 0.29) is 47.2 Å². The number of aliphatic carboxylic acids is 1. The Hall–Kier alpha value is -0.490. The third kappa shape index (κ3) is 3.09. The van der Waals surface area contributed by atoms with Gasteiger partial charge in [0, 0.05) is 6.20 Å². The van der Waals surface area contributed by atoms with Gasteiger partial charge in [0.1, 0.15) is 9.86 Å². The summed E-state index contributed by atoms with van der Waals surface area (Å²) in [5.74, 6) is -2.26. The molecule has 11 heteroatoms. The second kappa shape index (κ2) is 7.74. The van der Waals surface area contributed by atoms with Gasteiger partial charge in [-0.25, -0.2) is 4.98 Å². The molecule has 1 N–H and O–H groups in total. The monoisotopic (exact) mass is 433 g/mol. The molecule has 0 radical (unpaired) electrons. The zero-order valence-corrected chi connectivity index (χ0v) is 19.7. The Balaban J connectivity index is 0.00000210. The fraction of sp³-hybridized carbons (Fsp3) is 0.438. The molecule has 0 unspecified atom stereocenters. The standard InChI is InChI=1S/C16H17N3O4S3.Na/c1-6(20)10-8-4-7(11(15(22)23)19(8)13(10)21)9-5-18-14(26-9)12(24-2)17-16(18)25-3;/h5-6,8,10,20H,4H2,1-3H3,(H,22,23);/q;+1/p-1/t6-,8-,10-;/m1./s1. The van der Waals surface area contributed by atoms with Crippen LogP contribution in [0.15, 0.2) is 22.1 Å². The minimum absolute atomic E-state index is 0. The third-order valence-corrected chi connectivity index (χ3v) is 7.46. The van der Waals surface area contributed by atoms with Crippen LogP contribution in [-0.4, -0.2) is 55.9 Å². The summed E-state index contributed by atoms with van der Waals surface area (Å²) in [6.07, 6.45) is 5.37. The molecule has 0 spiro atoms. The molecule has 4 heterocycles. The minimum Gasteiger partial charge on any atom is -0.543 e. The van der Waals surface area contributed by atoms with Gasteiger partial charge in [0.25, 0.3) is 0 Å². The summed E-state index contributed by atoms with van der Waals surface area (Å²) in [6, 6.07) is -0.315. The van der Waals surface area contributed by atoms with Crippen LogP contribution >= 0.6 is 34.9 Å². The number of hydrogen-bond acceptors (Lipinski definition) is 8. The maximum Gasteiger partial charge on any atom is 1.00 e. The minimum atomic E-state index is -1.36. The molecule has 27 heavy (non-hydrogen) atoms. The molecule has 2 aromatic rings. The van der Waals surface area contributed by atoms with Crippen LogP contribution in [0, 0.1) is 5.92 Å². The first-order chi connectivity index (χ1) is 12.4. The summed E-state index contributed by atoms with van der Waals surface area (Å²) in [4.78, 5) is 31.6. The van der Waals surface area contributed by atoms with E-state index in [2.05, 4.69) is 4.98 Å². The second-order valence-electron chi connectivity index (χ2n) is 6.24. The van der Waals surface area contributed by atoms with Crippen molar-refractivity contribution in [3.05, 3.63) is 16.8 Å². The fourth-order valence-corrected chi connectivity index (χ4v) is 6.23. The topological polar surface area (TPSA) is 98.0 Å². The van der Waals surface area contributed by atoms with Crippen molar-refractivity contribution in [1.82, 2.24) is 14.3 Å².